The molecule has 3 heteroatoms. The number of ether oxygens (including phenoxy) is 1. The van der Waals surface area contributed by atoms with E-state index in [1.807, 2.05) is 20.8 Å². The van der Waals surface area contributed by atoms with Gasteiger partial charge in [0, 0.05) is 0 Å². The minimum Gasteiger partial charge on any atom is -0.465 e. The number of carbonyl (C=O) groups excluding carboxylic acids is 1. The van der Waals surface area contributed by atoms with Gasteiger partial charge in [0.25, 0.3) is 0 Å². The quantitative estimate of drug-likeness (QED) is 0.676. The fourth-order valence-corrected chi connectivity index (χ4v) is 1.12. The van der Waals surface area contributed by atoms with Gasteiger partial charge in [-0.3, -0.25) is 4.79 Å². The average Bonchev–Trinajstić information content (AvgIpc) is 2.00. The topological polar surface area (TPSA) is 61.3 Å². The molecule has 3 N–H and O–H groups in total. The number of esters is 1. The SMILES string of the molecule is CCCOC(=O)C(C)(C)CCC.N. The van der Waals surface area contributed by atoms with Crippen LogP contribution in [0.15, 0.2) is 0 Å². The predicted octanol–water partition coefficient (Wildman–Crippen LogP) is 2.93. The Bertz CT molecular complexity index is 144. The van der Waals surface area contributed by atoms with Crippen molar-refractivity contribution in [2.75, 3.05) is 6.61 Å². The van der Waals surface area contributed by atoms with Crippen LogP contribution in [0.25, 0.3) is 0 Å². The van der Waals surface area contributed by atoms with Crippen molar-refractivity contribution in [1.29, 1.82) is 0 Å². The second-order valence-corrected chi connectivity index (χ2v) is 3.77. The third-order valence-electron chi connectivity index (χ3n) is 1.86. The second-order valence-electron chi connectivity index (χ2n) is 3.77. The van der Waals surface area contributed by atoms with Crippen molar-refractivity contribution in [3.63, 3.8) is 0 Å². The number of carbonyl (C=O) groups is 1. The van der Waals surface area contributed by atoms with Gasteiger partial charge in [-0.1, -0.05) is 20.3 Å². The van der Waals surface area contributed by atoms with E-state index >= 15 is 0 Å². The van der Waals surface area contributed by atoms with Crippen LogP contribution in [-0.2, 0) is 9.53 Å². The summed E-state index contributed by atoms with van der Waals surface area (Å²) in [6.07, 6.45) is 2.82. The molecule has 0 saturated heterocycles. The van der Waals surface area contributed by atoms with Gasteiger partial charge < -0.3 is 10.9 Å². The first kappa shape index (κ1) is 14.9. The third kappa shape index (κ3) is 5.64. The van der Waals surface area contributed by atoms with Crippen molar-refractivity contribution in [2.45, 2.75) is 47.0 Å². The summed E-state index contributed by atoms with van der Waals surface area (Å²) in [5, 5.41) is 0. The smallest absolute Gasteiger partial charge is 0.311 e. The van der Waals surface area contributed by atoms with E-state index in [9.17, 15) is 4.79 Å². The lowest BCUT2D eigenvalue weighted by atomic mass is 9.88. The van der Waals surface area contributed by atoms with Gasteiger partial charge in [-0.15, -0.1) is 0 Å². The Morgan fingerprint density at radius 2 is 1.77 bits per heavy atom. The van der Waals surface area contributed by atoms with Gasteiger partial charge in [0.1, 0.15) is 0 Å². The minimum absolute atomic E-state index is 0. The molecule has 0 aromatic heterocycles. The van der Waals surface area contributed by atoms with E-state index in [1.165, 1.54) is 0 Å². The van der Waals surface area contributed by atoms with E-state index in [2.05, 4.69) is 6.92 Å². The Balaban J connectivity index is 0. The number of rotatable bonds is 5. The van der Waals surface area contributed by atoms with Crippen molar-refractivity contribution in [1.82, 2.24) is 6.15 Å². The van der Waals surface area contributed by atoms with Crippen LogP contribution in [0.5, 0.6) is 0 Å². The number of hydrogen-bond acceptors (Lipinski definition) is 3. The van der Waals surface area contributed by atoms with Crippen molar-refractivity contribution >= 4 is 5.97 Å². The molecule has 0 atom stereocenters. The van der Waals surface area contributed by atoms with Crippen LogP contribution in [0.3, 0.4) is 0 Å². The molecule has 0 unspecified atom stereocenters. The van der Waals surface area contributed by atoms with Crippen molar-refractivity contribution < 1.29 is 9.53 Å². The molecule has 0 spiro atoms. The molecular weight excluding hydrogens is 166 g/mol. The normalized spacial score (nSPS) is 10.5. The highest BCUT2D eigenvalue weighted by Gasteiger charge is 2.27. The summed E-state index contributed by atoms with van der Waals surface area (Å²) in [5.41, 5.74) is -0.302. The fourth-order valence-electron chi connectivity index (χ4n) is 1.12. The van der Waals surface area contributed by atoms with Crippen LogP contribution in [0.2, 0.25) is 0 Å². The minimum atomic E-state index is -0.302. The molecule has 80 valence electrons. The Hall–Kier alpha value is -0.570. The van der Waals surface area contributed by atoms with Gasteiger partial charge in [-0.2, -0.15) is 0 Å². The van der Waals surface area contributed by atoms with Gasteiger partial charge in [-0.05, 0) is 26.7 Å². The Morgan fingerprint density at radius 1 is 1.23 bits per heavy atom. The summed E-state index contributed by atoms with van der Waals surface area (Å²) in [6, 6.07) is 0. The zero-order valence-corrected chi connectivity index (χ0v) is 9.35. The lowest BCUT2D eigenvalue weighted by Crippen LogP contribution is -2.26. The van der Waals surface area contributed by atoms with Gasteiger partial charge in [0.05, 0.1) is 12.0 Å². The first-order valence-corrected chi connectivity index (χ1v) is 4.71. The first-order chi connectivity index (χ1) is 5.54. The molecule has 0 aliphatic carbocycles. The van der Waals surface area contributed by atoms with Gasteiger partial charge in [0.2, 0.25) is 0 Å². The van der Waals surface area contributed by atoms with Gasteiger partial charge >= 0.3 is 5.97 Å². The van der Waals surface area contributed by atoms with Crippen LogP contribution >= 0.6 is 0 Å². The van der Waals surface area contributed by atoms with Crippen LogP contribution in [-0.4, -0.2) is 12.6 Å². The molecule has 0 rings (SSSR count). The zero-order chi connectivity index (χ0) is 9.61. The molecule has 0 aromatic rings. The van der Waals surface area contributed by atoms with E-state index in [4.69, 9.17) is 4.74 Å². The van der Waals surface area contributed by atoms with Crippen molar-refractivity contribution in [2.24, 2.45) is 5.41 Å². The van der Waals surface area contributed by atoms with E-state index in [1.54, 1.807) is 0 Å². The molecule has 0 amide bonds. The maximum atomic E-state index is 11.4. The summed E-state index contributed by atoms with van der Waals surface area (Å²) in [6.45, 7) is 8.50. The Labute approximate surface area is 81.4 Å². The lowest BCUT2D eigenvalue weighted by Gasteiger charge is -2.21. The van der Waals surface area contributed by atoms with E-state index < -0.39 is 0 Å². The summed E-state index contributed by atoms with van der Waals surface area (Å²) in [4.78, 5) is 11.4. The summed E-state index contributed by atoms with van der Waals surface area (Å²) in [7, 11) is 0. The number of hydrogen-bond donors (Lipinski definition) is 1. The second kappa shape index (κ2) is 6.89. The highest BCUT2D eigenvalue weighted by molar-refractivity contribution is 5.75. The molecule has 3 nitrogen and oxygen atoms in total. The molecular formula is C10H23NO2. The van der Waals surface area contributed by atoms with Crippen LogP contribution in [0.1, 0.15) is 47.0 Å². The first-order valence-electron chi connectivity index (χ1n) is 4.71. The van der Waals surface area contributed by atoms with Crippen molar-refractivity contribution in [3.8, 4) is 0 Å². The van der Waals surface area contributed by atoms with Gasteiger partial charge in [-0.25, -0.2) is 0 Å². The standard InChI is InChI=1S/C10H20O2.H3N/c1-5-7-10(3,4)9(11)12-8-6-2;/h5-8H2,1-4H3;1H3. The predicted molar refractivity (Wildman–Crippen MR) is 55.0 cm³/mol. The van der Waals surface area contributed by atoms with E-state index in [0.29, 0.717) is 6.61 Å². The molecule has 0 bridgehead atoms. The Morgan fingerprint density at radius 3 is 2.15 bits per heavy atom. The van der Waals surface area contributed by atoms with E-state index in [0.717, 1.165) is 19.3 Å². The Kier molecular flexibility index (Phi) is 7.92. The maximum Gasteiger partial charge on any atom is 0.311 e. The van der Waals surface area contributed by atoms with E-state index in [-0.39, 0.29) is 17.5 Å². The molecule has 0 radical (unpaired) electrons. The van der Waals surface area contributed by atoms with Gasteiger partial charge in [0.15, 0.2) is 0 Å². The lowest BCUT2D eigenvalue weighted by molar-refractivity contribution is -0.154. The molecule has 0 fully saturated rings. The fraction of sp³-hybridized carbons (Fsp3) is 0.900. The zero-order valence-electron chi connectivity index (χ0n) is 9.35. The molecule has 0 saturated carbocycles. The third-order valence-corrected chi connectivity index (χ3v) is 1.86. The summed E-state index contributed by atoms with van der Waals surface area (Å²) < 4.78 is 5.07. The molecule has 0 aliphatic rings. The van der Waals surface area contributed by atoms with Crippen molar-refractivity contribution in [3.05, 3.63) is 0 Å². The molecule has 13 heavy (non-hydrogen) atoms. The summed E-state index contributed by atoms with van der Waals surface area (Å²) in [5.74, 6) is -0.0637. The molecule has 0 heterocycles. The maximum absolute atomic E-state index is 11.4. The van der Waals surface area contributed by atoms with Crippen LogP contribution in [0, 0.1) is 5.41 Å². The largest absolute Gasteiger partial charge is 0.465 e. The highest BCUT2D eigenvalue weighted by Crippen LogP contribution is 2.23. The highest BCUT2D eigenvalue weighted by atomic mass is 16.5. The monoisotopic (exact) mass is 189 g/mol. The molecule has 0 aromatic carbocycles. The average molecular weight is 189 g/mol. The van der Waals surface area contributed by atoms with Crippen LogP contribution < -0.4 is 6.15 Å². The summed E-state index contributed by atoms with van der Waals surface area (Å²) >= 11 is 0. The van der Waals surface area contributed by atoms with Crippen LogP contribution in [0.4, 0.5) is 0 Å². The molecule has 0 aliphatic heterocycles.